The Bertz CT molecular complexity index is 3280. The second kappa shape index (κ2) is 14.0. The van der Waals surface area contributed by atoms with Gasteiger partial charge in [0.1, 0.15) is 0 Å². The quantitative estimate of drug-likeness (QED) is 0.159. The van der Waals surface area contributed by atoms with Crippen molar-refractivity contribution in [2.75, 3.05) is 0 Å². The van der Waals surface area contributed by atoms with Gasteiger partial charge in [0.05, 0.1) is 11.2 Å². The van der Waals surface area contributed by atoms with Crippen molar-refractivity contribution in [3.05, 3.63) is 206 Å². The first-order valence-electron chi connectivity index (χ1n) is 19.5. The van der Waals surface area contributed by atoms with Gasteiger partial charge in [0.15, 0.2) is 17.5 Å². The number of hydrogen-bond acceptors (Lipinski definition) is 4. The molecule has 0 aliphatic rings. The van der Waals surface area contributed by atoms with Crippen LogP contribution in [0, 0.1) is 0 Å². The van der Waals surface area contributed by atoms with E-state index in [1.54, 1.807) is 0 Å². The van der Waals surface area contributed by atoms with E-state index in [2.05, 4.69) is 146 Å². The van der Waals surface area contributed by atoms with Gasteiger partial charge in [-0.1, -0.05) is 170 Å². The molecule has 0 unspecified atom stereocenters. The number of pyridine rings is 1. The largest absolute Gasteiger partial charge is 0.248 e. The standard InChI is InChI=1S/C54H34N4/c1-3-15-36(16-4-1)52-56-53(37-17-5-2-6-18-37)58-54(57-52)43-22-13-21-39(31-43)48-34-51(42-27-26-35-14-7-8-19-38(35)30-42)55-50-29-28-41(33-49(48)50)47-32-40-20-9-10-23-44(40)45-24-11-12-25-46(45)47/h1-34H. The van der Waals surface area contributed by atoms with Crippen molar-refractivity contribution < 1.29 is 0 Å². The van der Waals surface area contributed by atoms with Crippen LogP contribution in [0.5, 0.6) is 0 Å². The summed E-state index contributed by atoms with van der Waals surface area (Å²) in [5.74, 6) is 1.89. The summed E-state index contributed by atoms with van der Waals surface area (Å²) in [6.07, 6.45) is 0. The van der Waals surface area contributed by atoms with E-state index in [4.69, 9.17) is 19.9 Å². The van der Waals surface area contributed by atoms with Gasteiger partial charge in [0.2, 0.25) is 0 Å². The van der Waals surface area contributed by atoms with Crippen LogP contribution in [0.1, 0.15) is 0 Å². The molecule has 0 atom stereocenters. The van der Waals surface area contributed by atoms with Crippen LogP contribution >= 0.6 is 0 Å². The molecule has 0 saturated heterocycles. The molecule has 4 heteroatoms. The summed E-state index contributed by atoms with van der Waals surface area (Å²) in [5, 5.41) is 8.40. The van der Waals surface area contributed by atoms with Gasteiger partial charge in [-0.2, -0.15) is 0 Å². The van der Waals surface area contributed by atoms with Gasteiger partial charge < -0.3 is 0 Å². The molecule has 0 aliphatic carbocycles. The molecule has 0 bridgehead atoms. The molecule has 2 aromatic heterocycles. The fourth-order valence-corrected chi connectivity index (χ4v) is 8.19. The van der Waals surface area contributed by atoms with Crippen molar-refractivity contribution in [3.8, 4) is 67.7 Å². The fourth-order valence-electron chi connectivity index (χ4n) is 8.19. The first-order valence-corrected chi connectivity index (χ1v) is 19.5. The lowest BCUT2D eigenvalue weighted by atomic mass is 9.91. The number of aromatic nitrogens is 4. The van der Waals surface area contributed by atoms with Gasteiger partial charge in [0, 0.05) is 27.6 Å². The van der Waals surface area contributed by atoms with Crippen LogP contribution < -0.4 is 0 Å². The van der Waals surface area contributed by atoms with Crippen molar-refractivity contribution in [1.82, 2.24) is 19.9 Å². The van der Waals surface area contributed by atoms with Gasteiger partial charge in [-0.3, -0.25) is 0 Å². The molecule has 11 rings (SSSR count). The monoisotopic (exact) mass is 738 g/mol. The molecule has 270 valence electrons. The lowest BCUT2D eigenvalue weighted by Gasteiger charge is -2.15. The number of hydrogen-bond donors (Lipinski definition) is 0. The third-order valence-corrected chi connectivity index (χ3v) is 11.1. The summed E-state index contributed by atoms with van der Waals surface area (Å²) in [7, 11) is 0. The van der Waals surface area contributed by atoms with Crippen molar-refractivity contribution >= 4 is 43.2 Å². The van der Waals surface area contributed by atoms with Crippen molar-refractivity contribution in [2.24, 2.45) is 0 Å². The Morgan fingerprint density at radius 2 is 0.776 bits per heavy atom. The third kappa shape index (κ3) is 6.05. The van der Waals surface area contributed by atoms with E-state index < -0.39 is 0 Å². The van der Waals surface area contributed by atoms with Gasteiger partial charge in [-0.25, -0.2) is 19.9 Å². The molecule has 0 N–H and O–H groups in total. The Labute approximate surface area is 335 Å². The van der Waals surface area contributed by atoms with E-state index in [9.17, 15) is 0 Å². The first kappa shape index (κ1) is 33.5. The summed E-state index contributed by atoms with van der Waals surface area (Å²) >= 11 is 0. The zero-order chi connectivity index (χ0) is 38.4. The van der Waals surface area contributed by atoms with Crippen LogP contribution in [0.15, 0.2) is 206 Å². The highest BCUT2D eigenvalue weighted by Crippen LogP contribution is 2.40. The molecule has 58 heavy (non-hydrogen) atoms. The molecule has 0 aliphatic heterocycles. The molecule has 11 aromatic rings. The minimum atomic E-state index is 0.617. The molecule has 0 spiro atoms. The predicted molar refractivity (Wildman–Crippen MR) is 240 cm³/mol. The normalized spacial score (nSPS) is 11.4. The summed E-state index contributed by atoms with van der Waals surface area (Å²) in [4.78, 5) is 20.4. The SMILES string of the molecule is c1ccc(-c2nc(-c3ccccc3)nc(-c3cccc(-c4cc(-c5ccc6ccccc6c5)nc5ccc(-c6cc7ccccc7c7ccccc67)cc45)c3)n2)cc1. The third-order valence-electron chi connectivity index (χ3n) is 11.1. The summed E-state index contributed by atoms with van der Waals surface area (Å²) < 4.78 is 0. The van der Waals surface area contributed by atoms with E-state index in [0.29, 0.717) is 17.5 Å². The van der Waals surface area contributed by atoms with Crippen LogP contribution in [0.25, 0.3) is 111 Å². The van der Waals surface area contributed by atoms with Crippen molar-refractivity contribution in [1.29, 1.82) is 0 Å². The lowest BCUT2D eigenvalue weighted by Crippen LogP contribution is -2.00. The van der Waals surface area contributed by atoms with E-state index in [-0.39, 0.29) is 0 Å². The maximum atomic E-state index is 5.32. The minimum Gasteiger partial charge on any atom is -0.248 e. The van der Waals surface area contributed by atoms with Gasteiger partial charge in [0.25, 0.3) is 0 Å². The highest BCUT2D eigenvalue weighted by Gasteiger charge is 2.17. The van der Waals surface area contributed by atoms with Crippen molar-refractivity contribution in [2.45, 2.75) is 0 Å². The molecular weight excluding hydrogens is 705 g/mol. The average Bonchev–Trinajstić information content (AvgIpc) is 3.31. The Morgan fingerprint density at radius 3 is 1.52 bits per heavy atom. The molecule has 0 fully saturated rings. The molecule has 2 heterocycles. The number of benzene rings is 9. The highest BCUT2D eigenvalue weighted by atomic mass is 15.0. The van der Waals surface area contributed by atoms with Gasteiger partial charge in [-0.05, 0) is 91.0 Å². The maximum absolute atomic E-state index is 5.32. The van der Waals surface area contributed by atoms with E-state index in [0.717, 1.165) is 55.5 Å². The highest BCUT2D eigenvalue weighted by molar-refractivity contribution is 6.14. The summed E-state index contributed by atoms with van der Waals surface area (Å²) in [6, 6.07) is 72.5. The van der Waals surface area contributed by atoms with Crippen LogP contribution in [0.3, 0.4) is 0 Å². The average molecular weight is 739 g/mol. The number of fused-ring (bicyclic) bond motifs is 5. The molecule has 0 saturated carbocycles. The smallest absolute Gasteiger partial charge is 0.164 e. The zero-order valence-corrected chi connectivity index (χ0v) is 31.4. The number of nitrogens with zero attached hydrogens (tertiary/aromatic N) is 4. The Morgan fingerprint density at radius 1 is 0.241 bits per heavy atom. The Balaban J connectivity index is 1.13. The van der Waals surface area contributed by atoms with Crippen LogP contribution in [-0.2, 0) is 0 Å². The molecule has 4 nitrogen and oxygen atoms in total. The van der Waals surface area contributed by atoms with Crippen LogP contribution in [-0.4, -0.2) is 19.9 Å². The lowest BCUT2D eigenvalue weighted by molar-refractivity contribution is 1.07. The van der Waals surface area contributed by atoms with E-state index in [1.807, 2.05) is 60.7 Å². The Kier molecular flexibility index (Phi) is 8.11. The van der Waals surface area contributed by atoms with Crippen molar-refractivity contribution in [3.63, 3.8) is 0 Å². The summed E-state index contributed by atoms with van der Waals surface area (Å²) in [6.45, 7) is 0. The number of rotatable bonds is 6. The second-order valence-electron chi connectivity index (χ2n) is 14.7. The van der Waals surface area contributed by atoms with E-state index in [1.165, 1.54) is 37.9 Å². The van der Waals surface area contributed by atoms with Crippen LogP contribution in [0.4, 0.5) is 0 Å². The Hall–Kier alpha value is -7.82. The van der Waals surface area contributed by atoms with Crippen LogP contribution in [0.2, 0.25) is 0 Å². The molecule has 9 aromatic carbocycles. The zero-order valence-electron chi connectivity index (χ0n) is 31.4. The first-order chi connectivity index (χ1) is 28.7. The molecule has 0 amide bonds. The molecular formula is C54H34N4. The topological polar surface area (TPSA) is 51.6 Å². The fraction of sp³-hybridized carbons (Fsp3) is 0. The minimum absolute atomic E-state index is 0.617. The summed E-state index contributed by atoms with van der Waals surface area (Å²) in [5.41, 5.74) is 10.2. The van der Waals surface area contributed by atoms with Gasteiger partial charge in [-0.15, -0.1) is 0 Å². The van der Waals surface area contributed by atoms with E-state index >= 15 is 0 Å². The molecule has 0 radical (unpaired) electrons. The second-order valence-corrected chi connectivity index (χ2v) is 14.7. The van der Waals surface area contributed by atoms with Gasteiger partial charge >= 0.3 is 0 Å². The predicted octanol–water partition coefficient (Wildman–Crippen LogP) is 13.9. The maximum Gasteiger partial charge on any atom is 0.164 e.